The number of benzene rings is 1. The third-order valence-corrected chi connectivity index (χ3v) is 6.16. The van der Waals surface area contributed by atoms with E-state index in [0.29, 0.717) is 0 Å². The van der Waals surface area contributed by atoms with Crippen LogP contribution in [0, 0.1) is 18.8 Å². The summed E-state index contributed by atoms with van der Waals surface area (Å²) in [5.74, 6) is 3.06. The van der Waals surface area contributed by atoms with Crippen LogP contribution in [0.25, 0.3) is 0 Å². The van der Waals surface area contributed by atoms with Gasteiger partial charge >= 0.3 is 0 Å². The first-order chi connectivity index (χ1) is 10.7. The fourth-order valence-electron chi connectivity index (χ4n) is 5.00. The second kappa shape index (κ2) is 5.77. The average molecular weight is 300 g/mol. The maximum absolute atomic E-state index is 5.57. The summed E-state index contributed by atoms with van der Waals surface area (Å²) in [6, 6.07) is 7.40. The molecule has 1 aliphatic heterocycles. The smallest absolute Gasteiger partial charge is 0.142 e. The Bertz CT molecular complexity index is 536. The van der Waals surface area contributed by atoms with Gasteiger partial charge in [0.05, 0.1) is 12.8 Å². The molecule has 1 heterocycles. The molecule has 3 heteroatoms. The summed E-state index contributed by atoms with van der Waals surface area (Å²) < 4.78 is 5.57. The van der Waals surface area contributed by atoms with E-state index < -0.39 is 0 Å². The van der Waals surface area contributed by atoms with Crippen LogP contribution in [0.4, 0.5) is 5.69 Å². The highest BCUT2D eigenvalue weighted by Gasteiger charge is 2.42. The first-order valence-electron chi connectivity index (χ1n) is 8.88. The third-order valence-electron chi connectivity index (χ3n) is 6.16. The quantitative estimate of drug-likeness (QED) is 0.852. The summed E-state index contributed by atoms with van der Waals surface area (Å²) in [5, 5.41) is 0. The molecule has 3 nitrogen and oxygen atoms in total. The Hall–Kier alpha value is -1.22. The molecule has 0 radical (unpaired) electrons. The summed E-state index contributed by atoms with van der Waals surface area (Å²) in [6.45, 7) is 6.85. The standard InChI is InChI=1S/C19H28N2O/c1-14-3-6-19(22-2)18(11-14)21-9-7-20(8-10-21)17-13-15-4-5-16(17)12-15/h3,6,11,15-17H,4-5,7-10,12-13H2,1-2H3/t15-,16-,17-/m0/s1. The van der Waals surface area contributed by atoms with E-state index in [9.17, 15) is 0 Å². The molecule has 22 heavy (non-hydrogen) atoms. The molecule has 2 bridgehead atoms. The molecule has 0 aromatic heterocycles. The molecule has 1 aromatic carbocycles. The normalized spacial score (nSPS) is 31.7. The molecule has 4 rings (SSSR count). The van der Waals surface area contributed by atoms with E-state index in [4.69, 9.17) is 4.74 Å². The van der Waals surface area contributed by atoms with Crippen molar-refractivity contribution in [3.05, 3.63) is 23.8 Å². The molecule has 120 valence electrons. The largest absolute Gasteiger partial charge is 0.495 e. The lowest BCUT2D eigenvalue weighted by molar-refractivity contribution is 0.135. The lowest BCUT2D eigenvalue weighted by Gasteiger charge is -2.42. The van der Waals surface area contributed by atoms with E-state index in [1.54, 1.807) is 7.11 Å². The number of hydrogen-bond donors (Lipinski definition) is 0. The zero-order chi connectivity index (χ0) is 15.1. The summed E-state index contributed by atoms with van der Waals surface area (Å²) in [7, 11) is 1.78. The van der Waals surface area contributed by atoms with Gasteiger partial charge in [-0.05, 0) is 55.7 Å². The number of methoxy groups -OCH3 is 1. The van der Waals surface area contributed by atoms with Gasteiger partial charge in [-0.15, -0.1) is 0 Å². The number of rotatable bonds is 3. The molecule has 1 saturated heterocycles. The summed E-state index contributed by atoms with van der Waals surface area (Å²) >= 11 is 0. The van der Waals surface area contributed by atoms with E-state index in [1.165, 1.54) is 50.0 Å². The van der Waals surface area contributed by atoms with Gasteiger partial charge < -0.3 is 9.64 Å². The van der Waals surface area contributed by atoms with Crippen molar-refractivity contribution in [2.24, 2.45) is 11.8 Å². The van der Waals surface area contributed by atoms with Crippen LogP contribution in [0.3, 0.4) is 0 Å². The maximum atomic E-state index is 5.57. The Morgan fingerprint density at radius 2 is 1.86 bits per heavy atom. The first kappa shape index (κ1) is 14.4. The molecule has 2 aliphatic carbocycles. The lowest BCUT2D eigenvalue weighted by Crippen LogP contribution is -2.51. The van der Waals surface area contributed by atoms with Crippen molar-refractivity contribution in [2.45, 2.75) is 38.6 Å². The van der Waals surface area contributed by atoms with Crippen molar-refractivity contribution in [3.63, 3.8) is 0 Å². The van der Waals surface area contributed by atoms with E-state index in [2.05, 4.69) is 34.9 Å². The van der Waals surface area contributed by atoms with Crippen molar-refractivity contribution in [2.75, 3.05) is 38.2 Å². The molecule has 0 N–H and O–H groups in total. The van der Waals surface area contributed by atoms with Crippen LogP contribution in [0.5, 0.6) is 5.75 Å². The van der Waals surface area contributed by atoms with Crippen LogP contribution >= 0.6 is 0 Å². The zero-order valence-electron chi connectivity index (χ0n) is 13.9. The molecule has 0 spiro atoms. The van der Waals surface area contributed by atoms with Crippen LogP contribution in [0.15, 0.2) is 18.2 Å². The monoisotopic (exact) mass is 300 g/mol. The molecule has 3 atom stereocenters. The highest BCUT2D eigenvalue weighted by atomic mass is 16.5. The van der Waals surface area contributed by atoms with Crippen LogP contribution in [-0.4, -0.2) is 44.2 Å². The SMILES string of the molecule is COc1ccc(C)cc1N1CCN([C@H]2C[C@H]3CC[C@H]2C3)CC1. The maximum Gasteiger partial charge on any atom is 0.142 e. The zero-order valence-corrected chi connectivity index (χ0v) is 13.9. The number of nitrogens with zero attached hydrogens (tertiary/aromatic N) is 2. The first-order valence-corrected chi connectivity index (χ1v) is 8.88. The van der Waals surface area contributed by atoms with Gasteiger partial charge in [0.15, 0.2) is 0 Å². The van der Waals surface area contributed by atoms with Gasteiger partial charge in [0.2, 0.25) is 0 Å². The molecule has 3 fully saturated rings. The Balaban J connectivity index is 1.43. The van der Waals surface area contributed by atoms with Crippen molar-refractivity contribution >= 4 is 5.69 Å². The molecule has 1 aromatic rings. The summed E-state index contributed by atoms with van der Waals surface area (Å²) in [4.78, 5) is 5.29. The second-order valence-electron chi connectivity index (χ2n) is 7.44. The minimum absolute atomic E-state index is 0.889. The Labute approximate surface area is 134 Å². The van der Waals surface area contributed by atoms with Crippen molar-refractivity contribution in [1.82, 2.24) is 4.90 Å². The van der Waals surface area contributed by atoms with Gasteiger partial charge in [-0.1, -0.05) is 12.5 Å². The Morgan fingerprint density at radius 1 is 1.05 bits per heavy atom. The molecular weight excluding hydrogens is 272 g/mol. The van der Waals surface area contributed by atoms with E-state index in [1.807, 2.05) is 0 Å². The van der Waals surface area contributed by atoms with Crippen molar-refractivity contribution < 1.29 is 4.74 Å². The predicted molar refractivity (Wildman–Crippen MR) is 90.8 cm³/mol. The molecule has 3 aliphatic rings. The molecule has 0 amide bonds. The van der Waals surface area contributed by atoms with E-state index in [-0.39, 0.29) is 0 Å². The number of hydrogen-bond acceptors (Lipinski definition) is 3. The predicted octanol–water partition coefficient (Wildman–Crippen LogP) is 3.31. The minimum atomic E-state index is 0.889. The van der Waals surface area contributed by atoms with Crippen molar-refractivity contribution in [3.8, 4) is 5.75 Å². The molecule has 0 unspecified atom stereocenters. The van der Waals surface area contributed by atoms with Crippen LogP contribution in [0.1, 0.15) is 31.2 Å². The van der Waals surface area contributed by atoms with E-state index >= 15 is 0 Å². The van der Waals surface area contributed by atoms with Crippen LogP contribution in [-0.2, 0) is 0 Å². The van der Waals surface area contributed by atoms with Crippen LogP contribution < -0.4 is 9.64 Å². The number of fused-ring (bicyclic) bond motifs is 2. The van der Waals surface area contributed by atoms with Crippen LogP contribution in [0.2, 0.25) is 0 Å². The molecule has 2 saturated carbocycles. The summed E-state index contributed by atoms with van der Waals surface area (Å²) in [6.07, 6.45) is 5.97. The molecular formula is C19H28N2O. The number of ether oxygens (including phenoxy) is 1. The van der Waals surface area contributed by atoms with Gasteiger partial charge in [-0.3, -0.25) is 4.90 Å². The summed E-state index contributed by atoms with van der Waals surface area (Å²) in [5.41, 5.74) is 2.58. The minimum Gasteiger partial charge on any atom is -0.495 e. The number of piperazine rings is 1. The Morgan fingerprint density at radius 3 is 2.50 bits per heavy atom. The highest BCUT2D eigenvalue weighted by molar-refractivity contribution is 5.60. The van der Waals surface area contributed by atoms with Gasteiger partial charge in [-0.25, -0.2) is 0 Å². The number of aryl methyl sites for hydroxylation is 1. The van der Waals surface area contributed by atoms with Gasteiger partial charge in [0.1, 0.15) is 5.75 Å². The lowest BCUT2D eigenvalue weighted by atomic mass is 9.93. The van der Waals surface area contributed by atoms with Gasteiger partial charge in [0, 0.05) is 32.2 Å². The topological polar surface area (TPSA) is 15.7 Å². The second-order valence-corrected chi connectivity index (χ2v) is 7.44. The average Bonchev–Trinajstić information content (AvgIpc) is 3.18. The third kappa shape index (κ3) is 2.50. The van der Waals surface area contributed by atoms with Gasteiger partial charge in [-0.2, -0.15) is 0 Å². The van der Waals surface area contributed by atoms with E-state index in [0.717, 1.165) is 36.7 Å². The fourth-order valence-corrected chi connectivity index (χ4v) is 5.00. The Kier molecular flexibility index (Phi) is 3.77. The van der Waals surface area contributed by atoms with Gasteiger partial charge in [0.25, 0.3) is 0 Å². The fraction of sp³-hybridized carbons (Fsp3) is 0.684. The highest BCUT2D eigenvalue weighted by Crippen LogP contribution is 2.46. The van der Waals surface area contributed by atoms with Crippen molar-refractivity contribution in [1.29, 1.82) is 0 Å². The number of anilines is 1.